The van der Waals surface area contributed by atoms with Crippen molar-refractivity contribution >= 4 is 6.29 Å². The van der Waals surface area contributed by atoms with E-state index in [0.717, 1.165) is 56.3 Å². The molecule has 2 nitrogen and oxygen atoms in total. The highest BCUT2D eigenvalue weighted by Gasteiger charge is 2.32. The Labute approximate surface area is 179 Å². The number of aldehydes is 1. The average molecular weight is 409 g/mol. The molecule has 0 bridgehead atoms. The van der Waals surface area contributed by atoms with Crippen LogP contribution in [-0.2, 0) is 11.2 Å². The Kier molecular flexibility index (Phi) is 6.86. The van der Waals surface area contributed by atoms with Crippen molar-refractivity contribution in [3.05, 3.63) is 65.0 Å². The van der Waals surface area contributed by atoms with Crippen LogP contribution in [0.2, 0.25) is 0 Å². The lowest BCUT2D eigenvalue weighted by Crippen LogP contribution is -2.20. The number of hydrogen-bond acceptors (Lipinski definition) is 2. The van der Waals surface area contributed by atoms with Crippen molar-refractivity contribution in [3.8, 4) is 5.75 Å². The molecule has 2 fully saturated rings. The van der Waals surface area contributed by atoms with Gasteiger partial charge in [-0.25, -0.2) is 4.39 Å². The molecule has 4 rings (SSSR count). The summed E-state index contributed by atoms with van der Waals surface area (Å²) in [4.78, 5) is 11.1. The summed E-state index contributed by atoms with van der Waals surface area (Å²) in [5.74, 6) is 2.72. The van der Waals surface area contributed by atoms with E-state index in [-0.39, 0.29) is 5.82 Å². The van der Waals surface area contributed by atoms with Crippen LogP contribution >= 0.6 is 0 Å². The van der Waals surface area contributed by atoms with Gasteiger partial charge in [0.05, 0.1) is 6.61 Å². The summed E-state index contributed by atoms with van der Waals surface area (Å²) in [6, 6.07) is 13.9. The summed E-state index contributed by atoms with van der Waals surface area (Å²) < 4.78 is 20.5. The van der Waals surface area contributed by atoms with Gasteiger partial charge in [0.2, 0.25) is 0 Å². The highest BCUT2D eigenvalue weighted by Crippen LogP contribution is 2.44. The van der Waals surface area contributed by atoms with E-state index in [1.165, 1.54) is 24.0 Å². The van der Waals surface area contributed by atoms with Crippen LogP contribution in [-0.4, -0.2) is 12.9 Å². The largest absolute Gasteiger partial charge is 0.493 e. The second-order valence-corrected chi connectivity index (χ2v) is 9.16. The molecule has 1 unspecified atom stereocenters. The molecule has 3 heteroatoms. The van der Waals surface area contributed by atoms with Gasteiger partial charge in [0.25, 0.3) is 0 Å². The molecule has 0 radical (unpaired) electrons. The van der Waals surface area contributed by atoms with Crippen LogP contribution in [0.1, 0.15) is 80.4 Å². The molecular weight excluding hydrogens is 375 g/mol. The summed E-state index contributed by atoms with van der Waals surface area (Å²) in [6.45, 7) is 2.83. The lowest BCUT2D eigenvalue weighted by atomic mass is 9.78. The Morgan fingerprint density at radius 3 is 2.57 bits per heavy atom. The molecule has 0 aromatic heterocycles. The van der Waals surface area contributed by atoms with Gasteiger partial charge in [0, 0.05) is 6.42 Å². The smallest absolute Gasteiger partial charge is 0.126 e. The van der Waals surface area contributed by atoms with Crippen LogP contribution < -0.4 is 4.74 Å². The van der Waals surface area contributed by atoms with E-state index >= 15 is 0 Å². The first-order valence-electron chi connectivity index (χ1n) is 11.6. The molecule has 2 saturated carbocycles. The Bertz CT molecular complexity index is 850. The minimum atomic E-state index is -0.0516. The molecule has 30 heavy (non-hydrogen) atoms. The van der Waals surface area contributed by atoms with Crippen molar-refractivity contribution < 1.29 is 13.9 Å². The number of rotatable bonds is 9. The molecule has 0 aliphatic heterocycles. The van der Waals surface area contributed by atoms with Crippen molar-refractivity contribution in [1.82, 2.24) is 0 Å². The van der Waals surface area contributed by atoms with Crippen LogP contribution in [0.15, 0.2) is 42.5 Å². The molecule has 0 spiro atoms. The number of halogens is 1. The second kappa shape index (κ2) is 9.76. The molecule has 0 N–H and O–H groups in total. The molecule has 2 aliphatic rings. The highest BCUT2D eigenvalue weighted by molar-refractivity contribution is 5.52. The van der Waals surface area contributed by atoms with E-state index in [1.807, 2.05) is 18.2 Å². The maximum atomic E-state index is 14.3. The van der Waals surface area contributed by atoms with Gasteiger partial charge in [-0.15, -0.1) is 0 Å². The Hall–Kier alpha value is -2.16. The molecule has 160 valence electrons. The maximum absolute atomic E-state index is 14.3. The zero-order valence-corrected chi connectivity index (χ0v) is 18.0. The van der Waals surface area contributed by atoms with Crippen LogP contribution in [0.4, 0.5) is 4.39 Å². The number of carbonyl (C=O) groups is 1. The molecule has 0 saturated heterocycles. The maximum Gasteiger partial charge on any atom is 0.126 e. The summed E-state index contributed by atoms with van der Waals surface area (Å²) >= 11 is 0. The highest BCUT2D eigenvalue weighted by atomic mass is 19.1. The van der Waals surface area contributed by atoms with Crippen LogP contribution in [0.5, 0.6) is 5.75 Å². The minimum absolute atomic E-state index is 0.0516. The minimum Gasteiger partial charge on any atom is -0.493 e. The number of benzene rings is 2. The molecule has 2 aromatic carbocycles. The summed E-state index contributed by atoms with van der Waals surface area (Å²) in [7, 11) is 0. The van der Waals surface area contributed by atoms with Gasteiger partial charge in [0.1, 0.15) is 17.9 Å². The molecule has 2 aliphatic carbocycles. The zero-order valence-electron chi connectivity index (χ0n) is 18.0. The normalized spacial score (nSPS) is 22.5. The molecule has 1 atom stereocenters. The van der Waals surface area contributed by atoms with Crippen molar-refractivity contribution in [2.24, 2.45) is 11.8 Å². The molecule has 2 aromatic rings. The number of aryl methyl sites for hydroxylation is 1. The molecular formula is C27H33FO2. The fraction of sp³-hybridized carbons (Fsp3) is 0.519. The van der Waals surface area contributed by atoms with Crippen LogP contribution in [0, 0.1) is 17.7 Å². The van der Waals surface area contributed by atoms with Gasteiger partial charge < -0.3 is 9.53 Å². The van der Waals surface area contributed by atoms with Crippen molar-refractivity contribution in [1.29, 1.82) is 0 Å². The Morgan fingerprint density at radius 2 is 1.87 bits per heavy atom. The first-order valence-corrected chi connectivity index (χ1v) is 11.6. The zero-order chi connectivity index (χ0) is 20.9. The summed E-state index contributed by atoms with van der Waals surface area (Å²) in [5, 5.41) is 0. The van der Waals surface area contributed by atoms with E-state index in [2.05, 4.69) is 25.1 Å². The predicted octanol–water partition coefficient (Wildman–Crippen LogP) is 6.82. The number of carbonyl (C=O) groups excluding carboxylic acids is 1. The standard InChI is InChI=1S/C27H33FO2/c1-2-19-8-13-27(28)26(16-19)22-9-6-20(7-10-22)18-30-24-5-3-4-23(17-24)25(14-15-29)21-11-12-21/h3-5,8,13,15-17,20-22,25H,2,6-7,9-12,14,18H2,1H3. The average Bonchev–Trinajstić information content (AvgIpc) is 3.62. The molecule has 0 heterocycles. The third-order valence-electron chi connectivity index (χ3n) is 7.07. The number of ether oxygens (including phenoxy) is 1. The lowest BCUT2D eigenvalue weighted by molar-refractivity contribution is -0.108. The fourth-order valence-electron chi connectivity index (χ4n) is 5.02. The van der Waals surface area contributed by atoms with Gasteiger partial charge >= 0.3 is 0 Å². The van der Waals surface area contributed by atoms with Gasteiger partial charge in [-0.05, 0) is 104 Å². The van der Waals surface area contributed by atoms with E-state index in [1.54, 1.807) is 6.07 Å². The van der Waals surface area contributed by atoms with Crippen LogP contribution in [0.3, 0.4) is 0 Å². The van der Waals surface area contributed by atoms with Crippen LogP contribution in [0.25, 0.3) is 0 Å². The first kappa shape index (κ1) is 21.1. The van der Waals surface area contributed by atoms with Gasteiger partial charge in [-0.2, -0.15) is 0 Å². The summed E-state index contributed by atoms with van der Waals surface area (Å²) in [5.41, 5.74) is 3.36. The first-order chi connectivity index (χ1) is 14.7. The Morgan fingerprint density at radius 1 is 1.07 bits per heavy atom. The van der Waals surface area contributed by atoms with Gasteiger partial charge in [-0.3, -0.25) is 0 Å². The Balaban J connectivity index is 1.31. The van der Waals surface area contributed by atoms with Crippen molar-refractivity contribution in [3.63, 3.8) is 0 Å². The SMILES string of the molecule is CCc1ccc(F)c(C2CCC(COc3cccc(C(CC=O)C4CC4)c3)CC2)c1. The topological polar surface area (TPSA) is 26.3 Å². The van der Waals surface area contributed by atoms with Gasteiger partial charge in [-0.1, -0.05) is 31.2 Å². The predicted molar refractivity (Wildman–Crippen MR) is 119 cm³/mol. The molecule has 0 amide bonds. The fourth-order valence-corrected chi connectivity index (χ4v) is 5.02. The van der Waals surface area contributed by atoms with Crippen molar-refractivity contribution in [2.75, 3.05) is 6.61 Å². The number of hydrogen-bond donors (Lipinski definition) is 0. The summed E-state index contributed by atoms with van der Waals surface area (Å²) in [6.07, 6.45) is 9.28. The third kappa shape index (κ3) is 5.11. The van der Waals surface area contributed by atoms with E-state index < -0.39 is 0 Å². The van der Waals surface area contributed by atoms with E-state index in [4.69, 9.17) is 4.74 Å². The quantitative estimate of drug-likeness (QED) is 0.425. The third-order valence-corrected chi connectivity index (χ3v) is 7.07. The van der Waals surface area contributed by atoms with E-state index in [9.17, 15) is 9.18 Å². The monoisotopic (exact) mass is 408 g/mol. The second-order valence-electron chi connectivity index (χ2n) is 9.16. The lowest BCUT2D eigenvalue weighted by Gasteiger charge is -2.29. The van der Waals surface area contributed by atoms with Gasteiger partial charge in [0.15, 0.2) is 0 Å². The van der Waals surface area contributed by atoms with E-state index in [0.29, 0.717) is 30.1 Å². The van der Waals surface area contributed by atoms with Crippen molar-refractivity contribution in [2.45, 2.75) is 70.1 Å².